The minimum atomic E-state index is -0.598. The summed E-state index contributed by atoms with van der Waals surface area (Å²) in [6.07, 6.45) is 1.62. The number of imide groups is 1. The van der Waals surface area contributed by atoms with Crippen LogP contribution in [0.15, 0.2) is 53.4 Å². The van der Waals surface area contributed by atoms with Crippen LogP contribution in [-0.4, -0.2) is 35.2 Å². The molecule has 1 heterocycles. The second-order valence-electron chi connectivity index (χ2n) is 7.66. The highest BCUT2D eigenvalue weighted by Crippen LogP contribution is 2.34. The Hall–Kier alpha value is -3.06. The van der Waals surface area contributed by atoms with E-state index in [1.165, 1.54) is 0 Å². The third-order valence-electron chi connectivity index (χ3n) is 4.42. The zero-order valence-electron chi connectivity index (χ0n) is 17.8. The molecule has 1 aliphatic heterocycles. The van der Waals surface area contributed by atoms with E-state index in [4.69, 9.17) is 9.47 Å². The molecule has 0 spiro atoms. The van der Waals surface area contributed by atoms with E-state index in [-0.39, 0.29) is 24.0 Å². The predicted octanol–water partition coefficient (Wildman–Crippen LogP) is 4.81. The number of ether oxygens (including phenoxy) is 2. The average Bonchev–Trinajstić information content (AvgIpc) is 2.99. The number of hydrogen-bond donors (Lipinski definition) is 0. The van der Waals surface area contributed by atoms with E-state index >= 15 is 0 Å². The summed E-state index contributed by atoms with van der Waals surface area (Å²) in [5, 5.41) is -0.490. The molecule has 1 aliphatic rings. The molecule has 0 bridgehead atoms. The lowest BCUT2D eigenvalue weighted by Crippen LogP contribution is -2.34. The summed E-state index contributed by atoms with van der Waals surface area (Å²) in [4.78, 5) is 38.1. The third-order valence-corrected chi connectivity index (χ3v) is 5.33. The highest BCUT2D eigenvalue weighted by atomic mass is 32.2. The summed E-state index contributed by atoms with van der Waals surface area (Å²) in [7, 11) is 0. The number of hydrogen-bond acceptors (Lipinski definition) is 6. The Bertz CT molecular complexity index is 1010. The van der Waals surface area contributed by atoms with Gasteiger partial charge in [-0.05, 0) is 42.3 Å². The van der Waals surface area contributed by atoms with Gasteiger partial charge >= 0.3 is 5.97 Å². The maximum atomic E-state index is 12.7. The zero-order valence-corrected chi connectivity index (χ0v) is 18.6. The van der Waals surface area contributed by atoms with Gasteiger partial charge in [0, 0.05) is 5.56 Å². The molecule has 0 radical (unpaired) electrons. The average molecular weight is 440 g/mol. The Kier molecular flexibility index (Phi) is 7.52. The Morgan fingerprint density at radius 1 is 1.13 bits per heavy atom. The van der Waals surface area contributed by atoms with Gasteiger partial charge in [0.15, 0.2) is 0 Å². The van der Waals surface area contributed by atoms with Crippen molar-refractivity contribution in [3.8, 4) is 5.75 Å². The van der Waals surface area contributed by atoms with Gasteiger partial charge in [-0.2, -0.15) is 0 Å². The summed E-state index contributed by atoms with van der Waals surface area (Å²) >= 11 is 0.803. The van der Waals surface area contributed by atoms with E-state index in [0.29, 0.717) is 17.9 Å². The van der Waals surface area contributed by atoms with E-state index < -0.39 is 17.1 Å². The zero-order chi connectivity index (χ0) is 22.4. The van der Waals surface area contributed by atoms with Crippen molar-refractivity contribution in [2.75, 3.05) is 13.2 Å². The van der Waals surface area contributed by atoms with Gasteiger partial charge in [-0.25, -0.2) is 0 Å². The van der Waals surface area contributed by atoms with Gasteiger partial charge in [0.05, 0.1) is 11.5 Å². The van der Waals surface area contributed by atoms with Crippen molar-refractivity contribution in [1.29, 1.82) is 0 Å². The second-order valence-corrected chi connectivity index (χ2v) is 8.65. The number of benzene rings is 2. The summed E-state index contributed by atoms with van der Waals surface area (Å²) < 4.78 is 11.0. The van der Waals surface area contributed by atoms with Gasteiger partial charge in [-0.1, -0.05) is 61.9 Å². The fourth-order valence-electron chi connectivity index (χ4n) is 2.91. The molecule has 1 fully saturated rings. The lowest BCUT2D eigenvalue weighted by molar-refractivity contribution is -0.147. The highest BCUT2D eigenvalue weighted by molar-refractivity contribution is 8.18. The van der Waals surface area contributed by atoms with Gasteiger partial charge in [-0.3, -0.25) is 19.3 Å². The fraction of sp³-hybridized carbons (Fsp3) is 0.292. The summed E-state index contributed by atoms with van der Waals surface area (Å²) in [5.74, 6) is -0.327. The van der Waals surface area contributed by atoms with Gasteiger partial charge in [0.25, 0.3) is 11.1 Å². The number of para-hydroxylation sites is 1. The van der Waals surface area contributed by atoms with Crippen LogP contribution in [0.3, 0.4) is 0 Å². The van der Waals surface area contributed by atoms with Crippen molar-refractivity contribution in [2.45, 2.75) is 27.4 Å². The van der Waals surface area contributed by atoms with E-state index in [2.05, 4.69) is 0 Å². The van der Waals surface area contributed by atoms with Crippen LogP contribution < -0.4 is 4.74 Å². The molecule has 6 nitrogen and oxygen atoms in total. The lowest BCUT2D eigenvalue weighted by Gasteiger charge is -2.13. The minimum absolute atomic E-state index is 0.176. The SMILES string of the molecule is Cc1cccc(COc2ccccc2/C=C2/SC(=O)N(CC(=O)OCC(C)C)C2=O)c1. The molecule has 0 N–H and O–H groups in total. The molecule has 3 rings (SSSR count). The Balaban J connectivity index is 1.71. The first-order chi connectivity index (χ1) is 14.8. The Labute approximate surface area is 186 Å². The van der Waals surface area contributed by atoms with Crippen LogP contribution in [0.25, 0.3) is 6.08 Å². The molecule has 0 aromatic heterocycles. The molecule has 162 valence electrons. The number of carbonyl (C=O) groups is 3. The summed E-state index contributed by atoms with van der Waals surface area (Å²) in [6.45, 7) is 6.09. The molecule has 0 atom stereocenters. The molecule has 0 unspecified atom stereocenters. The number of rotatable bonds is 8. The smallest absolute Gasteiger partial charge is 0.326 e. The van der Waals surface area contributed by atoms with Crippen molar-refractivity contribution >= 4 is 35.0 Å². The third kappa shape index (κ3) is 6.21. The largest absolute Gasteiger partial charge is 0.488 e. The number of esters is 1. The standard InChI is InChI=1S/C24H25NO5S/c1-16(2)14-30-22(26)13-25-23(27)21(31-24(25)28)12-19-9-4-5-10-20(19)29-15-18-8-6-7-17(3)11-18/h4-12,16H,13-15H2,1-3H3/b21-12+. The fourth-order valence-corrected chi connectivity index (χ4v) is 3.74. The molecule has 2 aromatic rings. The van der Waals surface area contributed by atoms with Gasteiger partial charge in [-0.15, -0.1) is 0 Å². The quantitative estimate of drug-likeness (QED) is 0.434. The first-order valence-corrected chi connectivity index (χ1v) is 10.8. The molecular weight excluding hydrogens is 414 g/mol. The first-order valence-electron chi connectivity index (χ1n) is 10.0. The predicted molar refractivity (Wildman–Crippen MR) is 120 cm³/mol. The molecule has 2 aromatic carbocycles. The molecule has 2 amide bonds. The normalized spacial score (nSPS) is 15.1. The maximum absolute atomic E-state index is 12.7. The summed E-state index contributed by atoms with van der Waals surface area (Å²) in [5.41, 5.74) is 2.87. The number of thioether (sulfide) groups is 1. The van der Waals surface area contributed by atoms with Crippen LogP contribution >= 0.6 is 11.8 Å². The van der Waals surface area contributed by atoms with Gasteiger partial charge < -0.3 is 9.47 Å². The molecule has 1 saturated heterocycles. The Morgan fingerprint density at radius 3 is 2.65 bits per heavy atom. The van der Waals surface area contributed by atoms with Crippen LogP contribution in [0.1, 0.15) is 30.5 Å². The van der Waals surface area contributed by atoms with E-state index in [1.54, 1.807) is 6.08 Å². The molecular formula is C24H25NO5S. The monoisotopic (exact) mass is 439 g/mol. The van der Waals surface area contributed by atoms with Crippen LogP contribution in [0.4, 0.5) is 4.79 Å². The van der Waals surface area contributed by atoms with Crippen LogP contribution in [0.5, 0.6) is 5.75 Å². The lowest BCUT2D eigenvalue weighted by atomic mass is 10.1. The van der Waals surface area contributed by atoms with Crippen LogP contribution in [0, 0.1) is 12.8 Å². The Morgan fingerprint density at radius 2 is 1.90 bits per heavy atom. The first kappa shape index (κ1) is 22.6. The molecule has 7 heteroatoms. The van der Waals surface area contributed by atoms with Crippen molar-refractivity contribution in [2.24, 2.45) is 5.92 Å². The van der Waals surface area contributed by atoms with Crippen molar-refractivity contribution in [3.63, 3.8) is 0 Å². The minimum Gasteiger partial charge on any atom is -0.488 e. The van der Waals surface area contributed by atoms with Crippen molar-refractivity contribution in [1.82, 2.24) is 4.90 Å². The topological polar surface area (TPSA) is 72.9 Å². The number of amides is 2. The van der Waals surface area contributed by atoms with Crippen molar-refractivity contribution < 1.29 is 23.9 Å². The molecule has 31 heavy (non-hydrogen) atoms. The molecule has 0 saturated carbocycles. The second kappa shape index (κ2) is 10.3. The highest BCUT2D eigenvalue weighted by Gasteiger charge is 2.36. The number of carbonyl (C=O) groups excluding carboxylic acids is 3. The van der Waals surface area contributed by atoms with E-state index in [0.717, 1.165) is 27.8 Å². The van der Waals surface area contributed by atoms with Crippen LogP contribution in [0.2, 0.25) is 0 Å². The molecule has 0 aliphatic carbocycles. The van der Waals surface area contributed by atoms with Gasteiger partial charge in [0.1, 0.15) is 18.9 Å². The number of aryl methyl sites for hydroxylation is 1. The van der Waals surface area contributed by atoms with Gasteiger partial charge in [0.2, 0.25) is 0 Å². The van der Waals surface area contributed by atoms with E-state index in [9.17, 15) is 14.4 Å². The van der Waals surface area contributed by atoms with Crippen molar-refractivity contribution in [3.05, 3.63) is 70.1 Å². The number of nitrogens with zero attached hydrogens (tertiary/aromatic N) is 1. The van der Waals surface area contributed by atoms with Crippen LogP contribution in [-0.2, 0) is 20.9 Å². The maximum Gasteiger partial charge on any atom is 0.326 e. The summed E-state index contributed by atoms with van der Waals surface area (Å²) in [6, 6.07) is 15.3. The van der Waals surface area contributed by atoms with E-state index in [1.807, 2.05) is 69.3 Å².